The Morgan fingerprint density at radius 1 is 1.29 bits per heavy atom. The van der Waals surface area contributed by atoms with Crippen molar-refractivity contribution in [1.29, 1.82) is 0 Å². The van der Waals surface area contributed by atoms with Gasteiger partial charge in [0, 0.05) is 10.8 Å². The highest BCUT2D eigenvalue weighted by atomic mass is 32.2. The number of aromatic nitrogens is 4. The van der Waals surface area contributed by atoms with Gasteiger partial charge in [-0.15, -0.1) is 10.2 Å². The molecule has 126 valence electrons. The van der Waals surface area contributed by atoms with Crippen molar-refractivity contribution >= 4 is 34.3 Å². The fraction of sp³-hybridized carbons (Fsp3) is 0.286. The molecule has 10 heteroatoms. The highest BCUT2D eigenvalue weighted by Gasteiger charge is 2.38. The third-order valence-corrected chi connectivity index (χ3v) is 4.15. The molecular formula is C14H12F3N5OS. The predicted molar refractivity (Wildman–Crippen MR) is 82.8 cm³/mol. The molecule has 0 radical (unpaired) electrons. The second-order valence-corrected chi connectivity index (χ2v) is 6.90. The van der Waals surface area contributed by atoms with Crippen molar-refractivity contribution in [3.63, 3.8) is 0 Å². The van der Waals surface area contributed by atoms with Crippen LogP contribution < -0.4 is 5.73 Å². The molecule has 0 bridgehead atoms. The number of hydrogen-bond acceptors (Lipinski definition) is 5. The minimum Gasteiger partial charge on any atom is -0.366 e. The Kier molecular flexibility index (Phi) is 3.86. The smallest absolute Gasteiger partial charge is 0.366 e. The molecule has 0 aliphatic rings. The van der Waals surface area contributed by atoms with Crippen LogP contribution in [0.15, 0.2) is 23.2 Å². The second-order valence-electron chi connectivity index (χ2n) is 5.33. The summed E-state index contributed by atoms with van der Waals surface area (Å²) >= 11 is 1.28. The molecular weight excluding hydrogens is 343 g/mol. The first kappa shape index (κ1) is 16.5. The van der Waals surface area contributed by atoms with Crippen molar-refractivity contribution in [2.75, 3.05) is 0 Å². The Labute approximate surface area is 138 Å². The average molecular weight is 355 g/mol. The van der Waals surface area contributed by atoms with Crippen LogP contribution in [0.3, 0.4) is 0 Å². The van der Waals surface area contributed by atoms with Gasteiger partial charge in [0.25, 0.3) is 0 Å². The molecule has 2 N–H and O–H groups in total. The number of carbonyl (C=O) groups excluding carboxylic acids is 1. The van der Waals surface area contributed by atoms with E-state index in [1.54, 1.807) is 0 Å². The van der Waals surface area contributed by atoms with Crippen LogP contribution in [0, 0.1) is 0 Å². The summed E-state index contributed by atoms with van der Waals surface area (Å²) in [6.45, 7) is 3.79. The molecule has 0 saturated heterocycles. The van der Waals surface area contributed by atoms with E-state index in [-0.39, 0.29) is 22.0 Å². The first-order chi connectivity index (χ1) is 11.2. The van der Waals surface area contributed by atoms with Crippen LogP contribution in [0.1, 0.15) is 30.0 Å². The molecule has 2 heterocycles. The molecule has 3 aromatic rings. The monoisotopic (exact) mass is 355 g/mol. The van der Waals surface area contributed by atoms with Gasteiger partial charge in [-0.05, 0) is 18.2 Å². The maximum Gasteiger partial charge on any atom is 0.452 e. The molecule has 0 aliphatic heterocycles. The van der Waals surface area contributed by atoms with Crippen LogP contribution in [0.25, 0.3) is 16.7 Å². The number of rotatable bonds is 3. The van der Waals surface area contributed by atoms with E-state index in [1.165, 1.54) is 30.0 Å². The lowest BCUT2D eigenvalue weighted by Crippen LogP contribution is -2.14. The van der Waals surface area contributed by atoms with E-state index >= 15 is 0 Å². The third kappa shape index (κ3) is 2.77. The minimum absolute atomic E-state index is 0.00449. The van der Waals surface area contributed by atoms with Crippen molar-refractivity contribution in [2.45, 2.75) is 30.3 Å². The number of primary amides is 1. The largest absolute Gasteiger partial charge is 0.452 e. The van der Waals surface area contributed by atoms with Crippen LogP contribution >= 0.6 is 11.8 Å². The highest BCUT2D eigenvalue weighted by Crippen LogP contribution is 2.34. The molecule has 0 saturated carbocycles. The van der Waals surface area contributed by atoms with Gasteiger partial charge in [0.1, 0.15) is 5.03 Å². The maximum absolute atomic E-state index is 13.3. The summed E-state index contributed by atoms with van der Waals surface area (Å²) < 4.78 is 40.7. The second kappa shape index (κ2) is 5.62. The van der Waals surface area contributed by atoms with Crippen LogP contribution in [0.5, 0.6) is 0 Å². The number of hydrogen-bond donors (Lipinski definition) is 1. The summed E-state index contributed by atoms with van der Waals surface area (Å²) in [7, 11) is 0. The fourth-order valence-corrected chi connectivity index (χ4v) is 3.08. The number of halogens is 3. The molecule has 24 heavy (non-hydrogen) atoms. The summed E-state index contributed by atoms with van der Waals surface area (Å²) in [4.78, 5) is 15.7. The minimum atomic E-state index is -4.70. The van der Waals surface area contributed by atoms with Gasteiger partial charge in [0.05, 0.1) is 11.0 Å². The van der Waals surface area contributed by atoms with Gasteiger partial charge in [-0.3, -0.25) is 9.20 Å². The SMILES string of the molecule is CC(C)Sc1nc2ccc(C(N)=O)cc2n2c(C(F)(F)F)nnc12. The highest BCUT2D eigenvalue weighted by molar-refractivity contribution is 8.00. The zero-order valence-corrected chi connectivity index (χ0v) is 13.4. The van der Waals surface area contributed by atoms with Crippen molar-refractivity contribution < 1.29 is 18.0 Å². The van der Waals surface area contributed by atoms with E-state index in [0.717, 1.165) is 4.40 Å². The van der Waals surface area contributed by atoms with Crippen LogP contribution in [0.2, 0.25) is 0 Å². The Bertz CT molecular complexity index is 951. The van der Waals surface area contributed by atoms with E-state index in [2.05, 4.69) is 15.2 Å². The third-order valence-electron chi connectivity index (χ3n) is 3.18. The fourth-order valence-electron chi connectivity index (χ4n) is 2.25. The van der Waals surface area contributed by atoms with Gasteiger partial charge in [-0.2, -0.15) is 13.2 Å². The van der Waals surface area contributed by atoms with Crippen molar-refractivity contribution in [3.8, 4) is 0 Å². The quantitative estimate of drug-likeness (QED) is 0.730. The maximum atomic E-state index is 13.3. The van der Waals surface area contributed by atoms with Crippen molar-refractivity contribution in [3.05, 3.63) is 29.6 Å². The molecule has 1 aromatic carbocycles. The Hall–Kier alpha value is -2.36. The molecule has 3 rings (SSSR count). The van der Waals surface area contributed by atoms with Crippen LogP contribution in [-0.2, 0) is 6.18 Å². The van der Waals surface area contributed by atoms with E-state index < -0.39 is 17.9 Å². The summed E-state index contributed by atoms with van der Waals surface area (Å²) in [5, 5.41) is 7.37. The van der Waals surface area contributed by atoms with Gasteiger partial charge in [-0.25, -0.2) is 4.98 Å². The zero-order valence-electron chi connectivity index (χ0n) is 12.6. The summed E-state index contributed by atoms with van der Waals surface area (Å²) in [6, 6.07) is 4.14. The van der Waals surface area contributed by atoms with E-state index in [0.29, 0.717) is 10.5 Å². The number of thioether (sulfide) groups is 1. The Balaban J connectivity index is 2.44. The number of benzene rings is 1. The predicted octanol–water partition coefficient (Wildman–Crippen LogP) is 2.90. The molecule has 0 spiro atoms. The molecule has 6 nitrogen and oxygen atoms in total. The first-order valence-corrected chi connectivity index (χ1v) is 7.79. The molecule has 0 atom stereocenters. The topological polar surface area (TPSA) is 86.2 Å². The van der Waals surface area contributed by atoms with E-state index in [1.807, 2.05) is 13.8 Å². The molecule has 1 amide bonds. The number of alkyl halides is 3. The molecule has 0 aliphatic carbocycles. The standard InChI is InChI=1S/C14H12F3N5OS/c1-6(2)24-12-11-20-21-13(14(15,16)17)22(11)9-5-7(10(18)23)3-4-8(9)19-12/h3-6H,1-2H3,(H2,18,23). The lowest BCUT2D eigenvalue weighted by Gasteiger charge is -2.11. The zero-order chi connectivity index (χ0) is 17.6. The van der Waals surface area contributed by atoms with Crippen molar-refractivity contribution in [2.24, 2.45) is 5.73 Å². The lowest BCUT2D eigenvalue weighted by molar-refractivity contribution is -0.145. The lowest BCUT2D eigenvalue weighted by atomic mass is 10.2. The number of nitrogens with two attached hydrogens (primary N) is 1. The van der Waals surface area contributed by atoms with Gasteiger partial charge in [0.2, 0.25) is 11.7 Å². The number of amides is 1. The van der Waals surface area contributed by atoms with Gasteiger partial charge in [-0.1, -0.05) is 25.6 Å². The average Bonchev–Trinajstić information content (AvgIpc) is 2.91. The first-order valence-electron chi connectivity index (χ1n) is 6.91. The van der Waals surface area contributed by atoms with Crippen molar-refractivity contribution in [1.82, 2.24) is 19.6 Å². The normalized spacial score (nSPS) is 12.4. The number of nitrogens with zero attached hydrogens (tertiary/aromatic N) is 4. The summed E-state index contributed by atoms with van der Waals surface area (Å²) in [5.74, 6) is -1.91. The van der Waals surface area contributed by atoms with E-state index in [9.17, 15) is 18.0 Å². The Morgan fingerprint density at radius 3 is 2.58 bits per heavy atom. The van der Waals surface area contributed by atoms with Crippen LogP contribution in [-0.4, -0.2) is 30.7 Å². The number of carbonyl (C=O) groups is 1. The molecule has 2 aromatic heterocycles. The summed E-state index contributed by atoms with van der Waals surface area (Å²) in [5.41, 5.74) is 5.66. The molecule has 0 unspecified atom stereocenters. The van der Waals surface area contributed by atoms with Gasteiger partial charge in [0.15, 0.2) is 5.65 Å². The van der Waals surface area contributed by atoms with E-state index in [4.69, 9.17) is 5.73 Å². The van der Waals surface area contributed by atoms with Gasteiger partial charge < -0.3 is 5.73 Å². The number of fused-ring (bicyclic) bond motifs is 3. The molecule has 0 fully saturated rings. The van der Waals surface area contributed by atoms with Crippen LogP contribution in [0.4, 0.5) is 13.2 Å². The summed E-state index contributed by atoms with van der Waals surface area (Å²) in [6.07, 6.45) is -4.70. The van der Waals surface area contributed by atoms with Gasteiger partial charge >= 0.3 is 6.18 Å². The Morgan fingerprint density at radius 2 is 2.00 bits per heavy atom.